The molecule has 252 valence electrons. The molecule has 0 spiro atoms. The molecular formula is C40H56O6. The van der Waals surface area contributed by atoms with Crippen LogP contribution in [0.25, 0.3) is 0 Å². The van der Waals surface area contributed by atoms with Gasteiger partial charge in [0.1, 0.15) is 12.2 Å². The van der Waals surface area contributed by atoms with Crippen LogP contribution in [0.3, 0.4) is 0 Å². The Hall–Kier alpha value is -2.44. The molecule has 0 saturated heterocycles. The molecule has 2 heterocycles. The summed E-state index contributed by atoms with van der Waals surface area (Å²) in [5, 5.41) is 13.0. The Morgan fingerprint density at radius 3 is 2.00 bits per heavy atom. The highest BCUT2D eigenvalue weighted by Gasteiger charge is 2.68. The Labute approximate surface area is 275 Å². The van der Waals surface area contributed by atoms with Crippen molar-refractivity contribution in [3.63, 3.8) is 0 Å². The molecule has 0 unspecified atom stereocenters. The summed E-state index contributed by atoms with van der Waals surface area (Å²) in [7, 11) is 0. The topological polar surface area (TPSA) is 89.9 Å². The van der Waals surface area contributed by atoms with E-state index in [-0.39, 0.29) is 39.6 Å². The average molecular weight is 633 g/mol. The van der Waals surface area contributed by atoms with Crippen LogP contribution in [0.5, 0.6) is 0 Å². The van der Waals surface area contributed by atoms with Crippen LogP contribution in [0.15, 0.2) is 57.2 Å². The van der Waals surface area contributed by atoms with Gasteiger partial charge in [0, 0.05) is 23.2 Å². The Bertz CT molecular complexity index is 1460. The minimum atomic E-state index is -1.16. The number of Topliss-reactive ketones (excluding diaryl/α,β-unsaturated/α-hetero) is 2. The van der Waals surface area contributed by atoms with E-state index in [9.17, 15) is 14.7 Å². The second kappa shape index (κ2) is 11.6. The van der Waals surface area contributed by atoms with Crippen molar-refractivity contribution in [2.45, 2.75) is 137 Å². The van der Waals surface area contributed by atoms with Gasteiger partial charge in [-0.2, -0.15) is 0 Å². The summed E-state index contributed by atoms with van der Waals surface area (Å²) in [6.07, 6.45) is 13.8. The molecule has 6 nitrogen and oxygen atoms in total. The number of carbonyl (C=O) groups is 2. The maximum atomic E-state index is 14.8. The van der Waals surface area contributed by atoms with Crippen molar-refractivity contribution in [1.82, 2.24) is 0 Å². The summed E-state index contributed by atoms with van der Waals surface area (Å²) in [6.45, 7) is 17.3. The maximum absolute atomic E-state index is 14.8. The van der Waals surface area contributed by atoms with Gasteiger partial charge < -0.3 is 18.7 Å². The van der Waals surface area contributed by atoms with Crippen LogP contribution < -0.4 is 0 Å². The van der Waals surface area contributed by atoms with E-state index in [1.165, 1.54) is 5.57 Å². The van der Waals surface area contributed by atoms with E-state index >= 15 is 0 Å². The number of rotatable bonds is 8. The third-order valence-corrected chi connectivity index (χ3v) is 13.6. The van der Waals surface area contributed by atoms with E-state index in [0.717, 1.165) is 68.1 Å². The lowest BCUT2D eigenvalue weighted by Gasteiger charge is -2.63. The number of allylic oxidation sites excluding steroid dienone is 1. The van der Waals surface area contributed by atoms with E-state index in [1.54, 1.807) is 25.1 Å². The van der Waals surface area contributed by atoms with Gasteiger partial charge in [-0.3, -0.25) is 9.59 Å². The van der Waals surface area contributed by atoms with Crippen molar-refractivity contribution < 1.29 is 28.3 Å². The van der Waals surface area contributed by atoms with E-state index in [1.807, 2.05) is 19.1 Å². The molecular weight excluding hydrogens is 576 g/mol. The van der Waals surface area contributed by atoms with Gasteiger partial charge in [0.15, 0.2) is 11.6 Å². The highest BCUT2D eigenvalue weighted by atomic mass is 16.5. The van der Waals surface area contributed by atoms with Gasteiger partial charge >= 0.3 is 0 Å². The average Bonchev–Trinajstić information content (AvgIpc) is 3.68. The Balaban J connectivity index is 1.41. The highest BCUT2D eigenvalue weighted by Crippen LogP contribution is 2.64. The molecule has 4 aliphatic rings. The monoisotopic (exact) mass is 632 g/mol. The SMILES string of the molecule is CC1=C(CCc2ccoc2)[C@@]2(C)CCCC(C)(C)[C@@H]2C(=O)[C@H]1O[C@@H]1C(=O)[C@H]2C(C)(C)CCC[C@]2(C)[C@@](O)(CCc2ccoc2)[C@@H]1C. The van der Waals surface area contributed by atoms with Crippen molar-refractivity contribution in [3.8, 4) is 0 Å². The van der Waals surface area contributed by atoms with Gasteiger partial charge in [0.25, 0.3) is 0 Å². The Morgan fingerprint density at radius 1 is 0.804 bits per heavy atom. The van der Waals surface area contributed by atoms with Crippen molar-refractivity contribution in [2.24, 2.45) is 39.4 Å². The number of carbonyl (C=O) groups excluding carboxylic acids is 2. The summed E-state index contributed by atoms with van der Waals surface area (Å²) in [5.41, 5.74) is 1.92. The standard InChI is InChI=1S/C40H56O6/c1-25-29(12-11-27-14-21-44-23-27)38(7)18-9-16-36(3,4)34(38)30(41)32(25)46-33-26(2)40(43,20-13-28-15-22-45-24-28)39(8)19-10-17-37(5,6)35(39)31(33)42/h14-15,21-24,26,32-35,43H,9-13,16-20H2,1-8H3/t26-,32+,33+,34+,35+,38-,39+,40-/m1/s1. The molecule has 0 aromatic carbocycles. The largest absolute Gasteiger partial charge is 0.472 e. The smallest absolute Gasteiger partial charge is 0.170 e. The molecule has 3 fully saturated rings. The Morgan fingerprint density at radius 2 is 1.39 bits per heavy atom. The summed E-state index contributed by atoms with van der Waals surface area (Å²) in [4.78, 5) is 29.7. The van der Waals surface area contributed by atoms with Crippen molar-refractivity contribution in [2.75, 3.05) is 0 Å². The molecule has 1 N–H and O–H groups in total. The third kappa shape index (κ3) is 5.12. The first-order valence-corrected chi connectivity index (χ1v) is 17.7. The second-order valence-electron chi connectivity index (χ2n) is 17.3. The van der Waals surface area contributed by atoms with Gasteiger partial charge in [-0.1, -0.05) is 66.9 Å². The van der Waals surface area contributed by atoms with Gasteiger partial charge in [0.2, 0.25) is 0 Å². The predicted octanol–water partition coefficient (Wildman–Crippen LogP) is 8.71. The predicted molar refractivity (Wildman–Crippen MR) is 178 cm³/mol. The number of aryl methyl sites for hydroxylation is 2. The molecule has 8 atom stereocenters. The van der Waals surface area contributed by atoms with E-state index < -0.39 is 29.1 Å². The van der Waals surface area contributed by atoms with E-state index in [0.29, 0.717) is 12.8 Å². The first-order valence-electron chi connectivity index (χ1n) is 17.7. The number of ether oxygens (including phenoxy) is 1. The molecule has 2 aromatic rings. The minimum absolute atomic E-state index is 0.0597. The molecule has 0 amide bonds. The van der Waals surface area contributed by atoms with Crippen LogP contribution in [-0.4, -0.2) is 34.5 Å². The van der Waals surface area contributed by atoms with Crippen LogP contribution in [0.2, 0.25) is 0 Å². The quantitative estimate of drug-likeness (QED) is 0.293. The van der Waals surface area contributed by atoms with Crippen LogP contribution in [-0.2, 0) is 27.2 Å². The summed E-state index contributed by atoms with van der Waals surface area (Å²) in [5.74, 6) is -0.888. The van der Waals surface area contributed by atoms with E-state index in [2.05, 4.69) is 48.5 Å². The minimum Gasteiger partial charge on any atom is -0.472 e. The van der Waals surface area contributed by atoms with Crippen molar-refractivity contribution >= 4 is 11.6 Å². The fraction of sp³-hybridized carbons (Fsp3) is 0.700. The number of aliphatic hydroxyl groups is 1. The number of hydrogen-bond donors (Lipinski definition) is 1. The lowest BCUT2D eigenvalue weighted by atomic mass is 9.43. The zero-order chi connectivity index (χ0) is 33.3. The van der Waals surface area contributed by atoms with Crippen LogP contribution in [0, 0.1) is 39.4 Å². The zero-order valence-corrected chi connectivity index (χ0v) is 29.4. The number of hydrogen-bond acceptors (Lipinski definition) is 6. The molecule has 6 rings (SSSR count). The molecule has 0 aliphatic heterocycles. The molecule has 3 saturated carbocycles. The number of ketones is 2. The summed E-state index contributed by atoms with van der Waals surface area (Å²) >= 11 is 0. The van der Waals surface area contributed by atoms with Crippen molar-refractivity contribution in [1.29, 1.82) is 0 Å². The normalized spacial score (nSPS) is 38.8. The molecule has 2 aromatic heterocycles. The molecule has 0 radical (unpaired) electrons. The first kappa shape index (κ1) is 33.5. The van der Waals surface area contributed by atoms with Crippen LogP contribution in [0.1, 0.15) is 118 Å². The zero-order valence-electron chi connectivity index (χ0n) is 29.4. The van der Waals surface area contributed by atoms with Gasteiger partial charge in [0.05, 0.1) is 30.7 Å². The first-order chi connectivity index (χ1) is 21.6. The fourth-order valence-electron chi connectivity index (χ4n) is 11.4. The lowest BCUT2D eigenvalue weighted by Crippen LogP contribution is -2.70. The summed E-state index contributed by atoms with van der Waals surface area (Å²) in [6, 6.07) is 3.96. The summed E-state index contributed by atoms with van der Waals surface area (Å²) < 4.78 is 17.7. The van der Waals surface area contributed by atoms with Gasteiger partial charge in [-0.15, -0.1) is 0 Å². The molecule has 46 heavy (non-hydrogen) atoms. The van der Waals surface area contributed by atoms with Crippen LogP contribution in [0.4, 0.5) is 0 Å². The van der Waals surface area contributed by atoms with Crippen LogP contribution >= 0.6 is 0 Å². The maximum Gasteiger partial charge on any atom is 0.170 e. The highest BCUT2D eigenvalue weighted by molar-refractivity contribution is 5.93. The molecule has 4 aliphatic carbocycles. The molecule has 6 heteroatoms. The van der Waals surface area contributed by atoms with Gasteiger partial charge in [-0.05, 0) is 103 Å². The van der Waals surface area contributed by atoms with Gasteiger partial charge in [-0.25, -0.2) is 0 Å². The number of fused-ring (bicyclic) bond motifs is 2. The third-order valence-electron chi connectivity index (χ3n) is 13.6. The fourth-order valence-corrected chi connectivity index (χ4v) is 11.4. The number of furan rings is 2. The van der Waals surface area contributed by atoms with E-state index in [4.69, 9.17) is 13.6 Å². The molecule has 0 bridgehead atoms. The lowest BCUT2D eigenvalue weighted by molar-refractivity contribution is -0.238. The van der Waals surface area contributed by atoms with Crippen molar-refractivity contribution in [3.05, 3.63) is 59.5 Å². The Kier molecular flexibility index (Phi) is 8.45. The second-order valence-corrected chi connectivity index (χ2v) is 17.3.